The van der Waals surface area contributed by atoms with Crippen molar-refractivity contribution in [1.82, 2.24) is 14.7 Å². The van der Waals surface area contributed by atoms with Gasteiger partial charge in [0.2, 0.25) is 0 Å². The molecule has 8 nitrogen and oxygen atoms in total. The van der Waals surface area contributed by atoms with Crippen LogP contribution in [0.15, 0.2) is 54.6 Å². The van der Waals surface area contributed by atoms with Crippen molar-refractivity contribution in [2.24, 2.45) is 0 Å². The lowest BCUT2D eigenvalue weighted by Gasteiger charge is -2.15. The zero-order chi connectivity index (χ0) is 21.8. The van der Waals surface area contributed by atoms with E-state index in [1.54, 1.807) is 55.6 Å². The summed E-state index contributed by atoms with van der Waals surface area (Å²) in [5.74, 6) is 0.250. The van der Waals surface area contributed by atoms with Crippen molar-refractivity contribution in [2.75, 3.05) is 25.5 Å². The second kappa shape index (κ2) is 8.83. The van der Waals surface area contributed by atoms with Crippen LogP contribution in [-0.4, -0.2) is 53.0 Å². The number of benzene rings is 2. The van der Waals surface area contributed by atoms with Gasteiger partial charge in [0.05, 0.1) is 12.8 Å². The van der Waals surface area contributed by atoms with Gasteiger partial charge in [0, 0.05) is 30.4 Å². The van der Waals surface area contributed by atoms with E-state index in [1.807, 2.05) is 4.90 Å². The molecule has 1 aliphatic rings. The number of rotatable bonds is 6. The van der Waals surface area contributed by atoms with Crippen molar-refractivity contribution in [3.63, 3.8) is 0 Å². The number of aldehydes is 1. The molecule has 1 saturated heterocycles. The standard InChI is InChI=1S/C23H22N4O4/c1-31-20-10-8-19(9-11-20)27-21(14-18(15-28)25-27)22(29)24-17-6-4-16(5-7-17)23(30)26-12-2-3-13-26/h4-11,14-15H,2-3,12-13H2,1H3,(H,24,29). The predicted molar refractivity (Wildman–Crippen MR) is 115 cm³/mol. The fraction of sp³-hybridized carbons (Fsp3) is 0.217. The first kappa shape index (κ1) is 20.3. The lowest BCUT2D eigenvalue weighted by molar-refractivity contribution is 0.0792. The van der Waals surface area contributed by atoms with Crippen molar-refractivity contribution < 1.29 is 19.1 Å². The van der Waals surface area contributed by atoms with Gasteiger partial charge in [-0.25, -0.2) is 4.68 Å². The number of hydrogen-bond donors (Lipinski definition) is 1. The highest BCUT2D eigenvalue weighted by Gasteiger charge is 2.20. The lowest BCUT2D eigenvalue weighted by Crippen LogP contribution is -2.27. The molecule has 2 amide bonds. The summed E-state index contributed by atoms with van der Waals surface area (Å²) >= 11 is 0. The molecule has 8 heteroatoms. The molecule has 2 aromatic carbocycles. The predicted octanol–water partition coefficient (Wildman–Crippen LogP) is 3.18. The van der Waals surface area contributed by atoms with Crippen molar-refractivity contribution in [1.29, 1.82) is 0 Å². The Kier molecular flexibility index (Phi) is 5.79. The molecule has 0 saturated carbocycles. The summed E-state index contributed by atoms with van der Waals surface area (Å²) in [5, 5.41) is 6.99. The first-order valence-corrected chi connectivity index (χ1v) is 9.99. The Morgan fingerprint density at radius 2 is 1.71 bits per heavy atom. The largest absolute Gasteiger partial charge is 0.497 e. The Balaban J connectivity index is 1.53. The van der Waals surface area contributed by atoms with Crippen LogP contribution in [0.3, 0.4) is 0 Å². The number of nitrogens with zero attached hydrogens (tertiary/aromatic N) is 3. The van der Waals surface area contributed by atoms with Crippen molar-refractivity contribution in [3.8, 4) is 11.4 Å². The number of likely N-dealkylation sites (tertiary alicyclic amines) is 1. The molecule has 31 heavy (non-hydrogen) atoms. The minimum absolute atomic E-state index is 0.00332. The molecule has 1 aromatic heterocycles. The van der Waals surface area contributed by atoms with Crippen molar-refractivity contribution in [2.45, 2.75) is 12.8 Å². The molecule has 1 aliphatic heterocycles. The molecule has 1 N–H and O–H groups in total. The van der Waals surface area contributed by atoms with Gasteiger partial charge in [-0.2, -0.15) is 5.10 Å². The molecular formula is C23H22N4O4. The maximum Gasteiger partial charge on any atom is 0.274 e. The molecule has 0 unspecified atom stereocenters. The van der Waals surface area contributed by atoms with Gasteiger partial charge in [-0.15, -0.1) is 0 Å². The molecule has 0 bridgehead atoms. The minimum atomic E-state index is -0.421. The highest BCUT2D eigenvalue weighted by atomic mass is 16.5. The SMILES string of the molecule is COc1ccc(-n2nc(C=O)cc2C(=O)Nc2ccc(C(=O)N3CCCC3)cc2)cc1. The van der Waals surface area contributed by atoms with Gasteiger partial charge < -0.3 is 15.0 Å². The summed E-state index contributed by atoms with van der Waals surface area (Å²) in [6.07, 6.45) is 2.66. The Labute approximate surface area is 179 Å². The summed E-state index contributed by atoms with van der Waals surface area (Å²) in [4.78, 5) is 38.4. The molecule has 0 radical (unpaired) electrons. The highest BCUT2D eigenvalue weighted by Crippen LogP contribution is 2.19. The Morgan fingerprint density at radius 3 is 2.32 bits per heavy atom. The van der Waals surface area contributed by atoms with Crippen LogP contribution in [0, 0.1) is 0 Å². The Hall–Kier alpha value is -3.94. The number of anilines is 1. The van der Waals surface area contributed by atoms with Gasteiger partial charge in [-0.3, -0.25) is 14.4 Å². The van der Waals surface area contributed by atoms with E-state index >= 15 is 0 Å². The monoisotopic (exact) mass is 418 g/mol. The molecule has 3 aromatic rings. The van der Waals surface area contributed by atoms with Gasteiger partial charge in [0.15, 0.2) is 6.29 Å². The van der Waals surface area contributed by atoms with Crippen LogP contribution < -0.4 is 10.1 Å². The normalized spacial score (nSPS) is 13.1. The molecule has 0 atom stereocenters. The van der Waals surface area contributed by atoms with E-state index in [0.717, 1.165) is 25.9 Å². The molecular weight excluding hydrogens is 396 g/mol. The maximum absolute atomic E-state index is 12.9. The van der Waals surface area contributed by atoms with Crippen LogP contribution in [-0.2, 0) is 0 Å². The third-order valence-corrected chi connectivity index (χ3v) is 5.18. The Morgan fingerprint density at radius 1 is 1.03 bits per heavy atom. The Bertz CT molecular complexity index is 1100. The van der Waals surface area contributed by atoms with Gasteiger partial charge in [-0.05, 0) is 61.4 Å². The van der Waals surface area contributed by atoms with Crippen LogP contribution >= 0.6 is 0 Å². The van der Waals surface area contributed by atoms with Gasteiger partial charge >= 0.3 is 0 Å². The number of hydrogen-bond acceptors (Lipinski definition) is 5. The number of ether oxygens (including phenoxy) is 1. The quantitative estimate of drug-likeness (QED) is 0.621. The third kappa shape index (κ3) is 4.32. The average Bonchev–Trinajstić information content (AvgIpc) is 3.49. The fourth-order valence-electron chi connectivity index (χ4n) is 3.53. The zero-order valence-corrected chi connectivity index (χ0v) is 17.1. The molecule has 158 valence electrons. The first-order valence-electron chi connectivity index (χ1n) is 9.99. The van der Waals surface area contributed by atoms with Crippen LogP contribution in [0.2, 0.25) is 0 Å². The van der Waals surface area contributed by atoms with E-state index in [0.29, 0.717) is 29.0 Å². The molecule has 2 heterocycles. The van der Waals surface area contributed by atoms with Crippen LogP contribution in [0.1, 0.15) is 44.2 Å². The van der Waals surface area contributed by atoms with Crippen molar-refractivity contribution >= 4 is 23.8 Å². The smallest absolute Gasteiger partial charge is 0.274 e. The summed E-state index contributed by atoms with van der Waals surface area (Å²) in [6, 6.07) is 15.2. The van der Waals surface area contributed by atoms with E-state index in [1.165, 1.54) is 10.7 Å². The molecule has 0 spiro atoms. The second-order valence-corrected chi connectivity index (χ2v) is 7.21. The van der Waals surface area contributed by atoms with Crippen LogP contribution in [0.25, 0.3) is 5.69 Å². The number of carbonyl (C=O) groups is 3. The van der Waals surface area contributed by atoms with E-state index in [4.69, 9.17) is 4.74 Å². The second-order valence-electron chi connectivity index (χ2n) is 7.21. The van der Waals surface area contributed by atoms with Crippen molar-refractivity contribution in [3.05, 3.63) is 71.5 Å². The maximum atomic E-state index is 12.9. The van der Waals surface area contributed by atoms with E-state index < -0.39 is 5.91 Å². The van der Waals surface area contributed by atoms with Gasteiger partial charge in [0.25, 0.3) is 11.8 Å². The number of aromatic nitrogens is 2. The number of nitrogens with one attached hydrogen (secondary N) is 1. The minimum Gasteiger partial charge on any atom is -0.497 e. The number of amides is 2. The topological polar surface area (TPSA) is 93.5 Å². The van der Waals surface area contributed by atoms with E-state index in [9.17, 15) is 14.4 Å². The van der Waals surface area contributed by atoms with Crippen LogP contribution in [0.4, 0.5) is 5.69 Å². The molecule has 4 rings (SSSR count). The lowest BCUT2D eigenvalue weighted by atomic mass is 10.2. The summed E-state index contributed by atoms with van der Waals surface area (Å²) in [6.45, 7) is 1.57. The average molecular weight is 418 g/mol. The first-order chi connectivity index (χ1) is 15.1. The fourth-order valence-corrected chi connectivity index (χ4v) is 3.53. The third-order valence-electron chi connectivity index (χ3n) is 5.18. The number of carbonyl (C=O) groups excluding carboxylic acids is 3. The van der Waals surface area contributed by atoms with Crippen LogP contribution in [0.5, 0.6) is 5.75 Å². The molecule has 1 fully saturated rings. The summed E-state index contributed by atoms with van der Waals surface area (Å²) < 4.78 is 6.56. The highest BCUT2D eigenvalue weighted by molar-refractivity contribution is 6.04. The zero-order valence-electron chi connectivity index (χ0n) is 17.1. The van der Waals surface area contributed by atoms with E-state index in [2.05, 4.69) is 10.4 Å². The molecule has 0 aliphatic carbocycles. The van der Waals surface area contributed by atoms with Gasteiger partial charge in [0.1, 0.15) is 17.1 Å². The summed E-state index contributed by atoms with van der Waals surface area (Å²) in [7, 11) is 1.57. The number of methoxy groups -OCH3 is 1. The summed E-state index contributed by atoms with van der Waals surface area (Å²) in [5.41, 5.74) is 2.10. The van der Waals surface area contributed by atoms with E-state index in [-0.39, 0.29) is 17.3 Å². The van der Waals surface area contributed by atoms with Gasteiger partial charge in [-0.1, -0.05) is 0 Å².